The second-order valence-corrected chi connectivity index (χ2v) is 6.86. The minimum absolute atomic E-state index is 0.306. The molecule has 2 aromatic carbocycles. The van der Waals surface area contributed by atoms with E-state index in [1.807, 2.05) is 19.1 Å². The first-order valence-corrected chi connectivity index (χ1v) is 8.71. The number of hydrogen-bond acceptors (Lipinski definition) is 4. The summed E-state index contributed by atoms with van der Waals surface area (Å²) in [5.41, 5.74) is 2.38. The largest absolute Gasteiger partial charge is 0.495 e. The fourth-order valence-electron chi connectivity index (χ4n) is 2.02. The number of anilines is 2. The fourth-order valence-corrected chi connectivity index (χ4v) is 2.58. The maximum atomic E-state index is 12.3. The molecule has 7 heteroatoms. The lowest BCUT2D eigenvalue weighted by Gasteiger charge is -2.11. The van der Waals surface area contributed by atoms with Crippen LogP contribution in [-0.4, -0.2) is 27.7 Å². The van der Waals surface area contributed by atoms with Gasteiger partial charge in [0.25, 0.3) is 5.91 Å². The normalized spacial score (nSPS) is 10.9. The summed E-state index contributed by atoms with van der Waals surface area (Å²) in [6.45, 7) is 1.92. The van der Waals surface area contributed by atoms with Crippen molar-refractivity contribution in [2.24, 2.45) is 0 Å². The summed E-state index contributed by atoms with van der Waals surface area (Å²) in [7, 11) is -1.81. The van der Waals surface area contributed by atoms with Gasteiger partial charge in [-0.15, -0.1) is 0 Å². The van der Waals surface area contributed by atoms with E-state index >= 15 is 0 Å². The third-order valence-electron chi connectivity index (χ3n) is 3.05. The Labute approximate surface area is 135 Å². The summed E-state index contributed by atoms with van der Waals surface area (Å²) >= 11 is 0. The van der Waals surface area contributed by atoms with Crippen LogP contribution >= 0.6 is 0 Å². The molecule has 0 aliphatic rings. The molecule has 0 bridgehead atoms. The highest BCUT2D eigenvalue weighted by molar-refractivity contribution is 7.92. The van der Waals surface area contributed by atoms with Gasteiger partial charge in [0.15, 0.2) is 0 Å². The maximum absolute atomic E-state index is 12.3. The standard InChI is InChI=1S/C16H18N2O4S/c1-11-4-9-15(22-2)14(10-11)17-16(19)12-5-7-13(8-6-12)18-23(3,20)21/h4-10,18H,1-3H3,(H,17,19). The minimum Gasteiger partial charge on any atom is -0.495 e. The van der Waals surface area contributed by atoms with E-state index in [0.717, 1.165) is 11.8 Å². The lowest BCUT2D eigenvalue weighted by atomic mass is 10.1. The van der Waals surface area contributed by atoms with Gasteiger partial charge in [0, 0.05) is 11.3 Å². The highest BCUT2D eigenvalue weighted by Crippen LogP contribution is 2.25. The number of ether oxygens (including phenoxy) is 1. The zero-order valence-corrected chi connectivity index (χ0v) is 13.9. The van der Waals surface area contributed by atoms with Gasteiger partial charge in [-0.3, -0.25) is 9.52 Å². The molecule has 0 spiro atoms. The van der Waals surface area contributed by atoms with Crippen LogP contribution in [0.2, 0.25) is 0 Å². The predicted molar refractivity (Wildman–Crippen MR) is 90.6 cm³/mol. The van der Waals surface area contributed by atoms with Crippen molar-refractivity contribution in [1.82, 2.24) is 0 Å². The average Bonchev–Trinajstić information content (AvgIpc) is 2.46. The van der Waals surface area contributed by atoms with Crippen LogP contribution in [-0.2, 0) is 10.0 Å². The van der Waals surface area contributed by atoms with Crippen LogP contribution in [0.1, 0.15) is 15.9 Å². The number of benzene rings is 2. The smallest absolute Gasteiger partial charge is 0.255 e. The monoisotopic (exact) mass is 334 g/mol. The van der Waals surface area contributed by atoms with Gasteiger partial charge in [0.1, 0.15) is 5.75 Å². The number of amides is 1. The third kappa shape index (κ3) is 4.72. The molecule has 0 radical (unpaired) electrons. The van der Waals surface area contributed by atoms with Gasteiger partial charge < -0.3 is 10.1 Å². The molecule has 0 fully saturated rings. The molecule has 0 unspecified atom stereocenters. The Morgan fingerprint density at radius 3 is 2.30 bits per heavy atom. The van der Waals surface area contributed by atoms with Crippen LogP contribution in [0.25, 0.3) is 0 Å². The van der Waals surface area contributed by atoms with E-state index in [1.165, 1.54) is 19.2 Å². The number of aryl methyl sites for hydroxylation is 1. The van der Waals surface area contributed by atoms with E-state index in [1.54, 1.807) is 18.2 Å². The van der Waals surface area contributed by atoms with E-state index in [4.69, 9.17) is 4.74 Å². The van der Waals surface area contributed by atoms with E-state index in [-0.39, 0.29) is 5.91 Å². The summed E-state index contributed by atoms with van der Waals surface area (Å²) in [5.74, 6) is 0.263. The molecule has 122 valence electrons. The number of hydrogen-bond donors (Lipinski definition) is 2. The van der Waals surface area contributed by atoms with E-state index < -0.39 is 10.0 Å². The third-order valence-corrected chi connectivity index (χ3v) is 3.66. The molecule has 2 aromatic rings. The van der Waals surface area contributed by atoms with Gasteiger partial charge in [-0.25, -0.2) is 8.42 Å². The van der Waals surface area contributed by atoms with Crippen LogP contribution in [0.15, 0.2) is 42.5 Å². The van der Waals surface area contributed by atoms with Crippen molar-refractivity contribution in [2.75, 3.05) is 23.4 Å². The van der Waals surface area contributed by atoms with E-state index in [2.05, 4.69) is 10.0 Å². The first kappa shape index (κ1) is 16.8. The van der Waals surface area contributed by atoms with Gasteiger partial charge in [-0.05, 0) is 48.9 Å². The Kier molecular flexibility index (Phi) is 4.90. The zero-order valence-electron chi connectivity index (χ0n) is 13.1. The molecular weight excluding hydrogens is 316 g/mol. The molecule has 0 saturated carbocycles. The highest BCUT2D eigenvalue weighted by atomic mass is 32.2. The van der Waals surface area contributed by atoms with Crippen LogP contribution in [0, 0.1) is 6.92 Å². The molecule has 1 amide bonds. The van der Waals surface area contributed by atoms with Gasteiger partial charge >= 0.3 is 0 Å². The van der Waals surface area contributed by atoms with Crippen molar-refractivity contribution >= 4 is 27.3 Å². The number of rotatable bonds is 5. The van der Waals surface area contributed by atoms with Gasteiger partial charge in [0.05, 0.1) is 19.1 Å². The van der Waals surface area contributed by atoms with Gasteiger partial charge in [-0.2, -0.15) is 0 Å². The SMILES string of the molecule is COc1ccc(C)cc1NC(=O)c1ccc(NS(C)(=O)=O)cc1. The summed E-state index contributed by atoms with van der Waals surface area (Å²) in [6.07, 6.45) is 1.07. The van der Waals surface area contributed by atoms with Gasteiger partial charge in [-0.1, -0.05) is 6.07 Å². The highest BCUT2D eigenvalue weighted by Gasteiger charge is 2.10. The molecule has 0 aliphatic carbocycles. The molecule has 2 N–H and O–H groups in total. The zero-order chi connectivity index (χ0) is 17.0. The number of carbonyl (C=O) groups excluding carboxylic acids is 1. The molecule has 2 rings (SSSR count). The molecule has 0 aromatic heterocycles. The topological polar surface area (TPSA) is 84.5 Å². The Morgan fingerprint density at radius 1 is 1.09 bits per heavy atom. The summed E-state index contributed by atoms with van der Waals surface area (Å²) in [5, 5.41) is 2.78. The van der Waals surface area contributed by atoms with E-state index in [9.17, 15) is 13.2 Å². The lowest BCUT2D eigenvalue weighted by molar-refractivity contribution is 0.102. The number of sulfonamides is 1. The van der Waals surface area contributed by atoms with Crippen LogP contribution < -0.4 is 14.8 Å². The molecule has 0 heterocycles. The van der Waals surface area contributed by atoms with Gasteiger partial charge in [0.2, 0.25) is 10.0 Å². The predicted octanol–water partition coefficient (Wildman–Crippen LogP) is 2.63. The van der Waals surface area contributed by atoms with Crippen molar-refractivity contribution < 1.29 is 17.9 Å². The lowest BCUT2D eigenvalue weighted by Crippen LogP contribution is -2.13. The second-order valence-electron chi connectivity index (χ2n) is 5.11. The number of methoxy groups -OCH3 is 1. The Balaban J connectivity index is 2.17. The van der Waals surface area contributed by atoms with Crippen molar-refractivity contribution in [3.8, 4) is 5.75 Å². The van der Waals surface area contributed by atoms with Crippen molar-refractivity contribution in [1.29, 1.82) is 0 Å². The number of carbonyl (C=O) groups is 1. The van der Waals surface area contributed by atoms with Crippen LogP contribution in [0.3, 0.4) is 0 Å². The van der Waals surface area contributed by atoms with E-state index in [0.29, 0.717) is 22.7 Å². The molecule has 23 heavy (non-hydrogen) atoms. The van der Waals surface area contributed by atoms with Crippen molar-refractivity contribution in [3.05, 3.63) is 53.6 Å². The second kappa shape index (κ2) is 6.70. The van der Waals surface area contributed by atoms with Crippen molar-refractivity contribution in [2.45, 2.75) is 6.92 Å². The molecule has 0 atom stereocenters. The summed E-state index contributed by atoms with van der Waals surface area (Å²) in [6, 6.07) is 11.6. The molecular formula is C16H18N2O4S. The summed E-state index contributed by atoms with van der Waals surface area (Å²) in [4.78, 5) is 12.3. The Hall–Kier alpha value is -2.54. The van der Waals surface area contributed by atoms with Crippen molar-refractivity contribution in [3.63, 3.8) is 0 Å². The molecule has 6 nitrogen and oxygen atoms in total. The van der Waals surface area contributed by atoms with Crippen LogP contribution in [0.4, 0.5) is 11.4 Å². The molecule has 0 aliphatic heterocycles. The Bertz CT molecular complexity index is 814. The quantitative estimate of drug-likeness (QED) is 0.880. The minimum atomic E-state index is -3.34. The maximum Gasteiger partial charge on any atom is 0.255 e. The molecule has 0 saturated heterocycles. The van der Waals surface area contributed by atoms with Crippen LogP contribution in [0.5, 0.6) is 5.75 Å². The first-order chi connectivity index (χ1) is 10.8. The Morgan fingerprint density at radius 2 is 1.74 bits per heavy atom. The summed E-state index contributed by atoms with van der Waals surface area (Å²) < 4.78 is 29.9. The average molecular weight is 334 g/mol. The fraction of sp³-hybridized carbons (Fsp3) is 0.188. The number of nitrogens with one attached hydrogen (secondary N) is 2. The first-order valence-electron chi connectivity index (χ1n) is 6.82.